The molecule has 0 saturated carbocycles. The molecule has 5 heteroatoms. The van der Waals surface area contributed by atoms with Crippen LogP contribution in [-0.4, -0.2) is 11.8 Å². The third kappa shape index (κ3) is 3.51. The summed E-state index contributed by atoms with van der Waals surface area (Å²) in [7, 11) is 0. The van der Waals surface area contributed by atoms with Crippen LogP contribution in [0.15, 0.2) is 72.4 Å². The fourth-order valence-corrected chi connectivity index (χ4v) is 3.88. The highest BCUT2D eigenvalue weighted by Crippen LogP contribution is 2.35. The summed E-state index contributed by atoms with van der Waals surface area (Å²) < 4.78 is 0. The number of rotatable bonds is 4. The Bertz CT molecular complexity index is 1180. The summed E-state index contributed by atoms with van der Waals surface area (Å²) in [4.78, 5) is 28.2. The van der Waals surface area contributed by atoms with E-state index in [0.29, 0.717) is 27.5 Å². The fraction of sp³-hybridized carbons (Fsp3) is 0.120. The van der Waals surface area contributed by atoms with E-state index >= 15 is 0 Å². The number of benzene rings is 3. The van der Waals surface area contributed by atoms with Crippen molar-refractivity contribution in [3.63, 3.8) is 0 Å². The van der Waals surface area contributed by atoms with Gasteiger partial charge in [0.05, 0.1) is 11.3 Å². The second-order valence-corrected chi connectivity index (χ2v) is 7.85. The van der Waals surface area contributed by atoms with Gasteiger partial charge in [-0.1, -0.05) is 54.1 Å². The van der Waals surface area contributed by atoms with Gasteiger partial charge < -0.3 is 5.32 Å². The molecule has 0 radical (unpaired) electrons. The first-order chi connectivity index (χ1) is 14.4. The van der Waals surface area contributed by atoms with E-state index < -0.39 is 0 Å². The topological polar surface area (TPSA) is 49.4 Å². The first-order valence-corrected chi connectivity index (χ1v) is 10.0. The molecule has 1 heterocycles. The molecule has 0 bridgehead atoms. The minimum Gasteiger partial charge on any atom is -0.350 e. The molecule has 1 N–H and O–H groups in total. The maximum Gasteiger partial charge on any atom is 0.282 e. The van der Waals surface area contributed by atoms with Crippen LogP contribution in [0, 0.1) is 20.8 Å². The molecule has 0 aliphatic carbocycles. The van der Waals surface area contributed by atoms with E-state index in [1.54, 1.807) is 6.07 Å². The molecule has 30 heavy (non-hydrogen) atoms. The summed E-state index contributed by atoms with van der Waals surface area (Å²) in [5, 5.41) is 3.78. The molecule has 2 amide bonds. The van der Waals surface area contributed by atoms with Gasteiger partial charge in [0.1, 0.15) is 5.70 Å². The SMILES string of the molecule is Cc1cc(C)cc(N2C(=O)C(Nc3cccc(Cl)c3C)=C(c3ccccc3)C2=O)c1. The third-order valence-corrected chi connectivity index (χ3v) is 5.55. The number of imide groups is 1. The molecule has 1 aliphatic heterocycles. The van der Waals surface area contributed by atoms with E-state index in [1.807, 2.05) is 81.4 Å². The van der Waals surface area contributed by atoms with Crippen LogP contribution < -0.4 is 10.2 Å². The molecule has 0 aromatic heterocycles. The van der Waals surface area contributed by atoms with Crippen LogP contribution in [0.2, 0.25) is 5.02 Å². The highest BCUT2D eigenvalue weighted by molar-refractivity contribution is 6.46. The van der Waals surface area contributed by atoms with Crippen molar-refractivity contribution in [1.29, 1.82) is 0 Å². The van der Waals surface area contributed by atoms with Crippen LogP contribution in [0.25, 0.3) is 5.57 Å². The van der Waals surface area contributed by atoms with Crippen molar-refractivity contribution < 1.29 is 9.59 Å². The average molecular weight is 417 g/mol. The summed E-state index contributed by atoms with van der Waals surface area (Å²) in [6.07, 6.45) is 0. The van der Waals surface area contributed by atoms with Crippen LogP contribution in [0.5, 0.6) is 0 Å². The maximum atomic E-state index is 13.5. The van der Waals surface area contributed by atoms with Gasteiger partial charge in [-0.2, -0.15) is 0 Å². The van der Waals surface area contributed by atoms with Crippen LogP contribution in [-0.2, 0) is 9.59 Å². The van der Waals surface area contributed by atoms with Gasteiger partial charge in [-0.25, -0.2) is 4.90 Å². The summed E-state index contributed by atoms with van der Waals surface area (Å²) in [6.45, 7) is 5.76. The van der Waals surface area contributed by atoms with Crippen molar-refractivity contribution in [3.8, 4) is 0 Å². The molecule has 0 spiro atoms. The van der Waals surface area contributed by atoms with E-state index in [4.69, 9.17) is 11.6 Å². The van der Waals surface area contributed by atoms with Crippen molar-refractivity contribution in [1.82, 2.24) is 0 Å². The van der Waals surface area contributed by atoms with Gasteiger partial charge in [0.15, 0.2) is 0 Å². The Balaban J connectivity index is 1.86. The van der Waals surface area contributed by atoms with Gasteiger partial charge in [0.2, 0.25) is 0 Å². The predicted octanol–water partition coefficient (Wildman–Crippen LogP) is 5.66. The van der Waals surface area contributed by atoms with Crippen molar-refractivity contribution >= 4 is 40.4 Å². The van der Waals surface area contributed by atoms with E-state index in [2.05, 4.69) is 5.32 Å². The number of halogens is 1. The quantitative estimate of drug-likeness (QED) is 0.558. The zero-order valence-corrected chi connectivity index (χ0v) is 17.7. The highest BCUT2D eigenvalue weighted by atomic mass is 35.5. The van der Waals surface area contributed by atoms with E-state index in [9.17, 15) is 9.59 Å². The molecule has 1 aliphatic rings. The minimum absolute atomic E-state index is 0.246. The fourth-order valence-electron chi connectivity index (χ4n) is 3.71. The van der Waals surface area contributed by atoms with E-state index in [1.165, 1.54) is 4.90 Å². The summed E-state index contributed by atoms with van der Waals surface area (Å²) in [6, 6.07) is 20.4. The van der Waals surface area contributed by atoms with Crippen molar-refractivity contribution in [3.05, 3.63) is 99.7 Å². The number of nitrogens with one attached hydrogen (secondary N) is 1. The second kappa shape index (κ2) is 7.81. The molecule has 3 aromatic rings. The lowest BCUT2D eigenvalue weighted by Gasteiger charge is -2.17. The van der Waals surface area contributed by atoms with Crippen LogP contribution >= 0.6 is 11.6 Å². The lowest BCUT2D eigenvalue weighted by Crippen LogP contribution is -2.32. The number of hydrogen-bond acceptors (Lipinski definition) is 3. The first-order valence-electron chi connectivity index (χ1n) is 9.65. The third-order valence-electron chi connectivity index (χ3n) is 5.14. The number of hydrogen-bond donors (Lipinski definition) is 1. The highest BCUT2D eigenvalue weighted by Gasteiger charge is 2.40. The Labute approximate surface area is 180 Å². The maximum absolute atomic E-state index is 13.5. The Morgan fingerprint density at radius 1 is 0.800 bits per heavy atom. The van der Waals surface area contributed by atoms with Gasteiger partial charge in [-0.05, 0) is 67.3 Å². The normalized spacial score (nSPS) is 13.9. The van der Waals surface area contributed by atoms with Gasteiger partial charge in [0.25, 0.3) is 11.8 Å². The summed E-state index contributed by atoms with van der Waals surface area (Å²) in [5.41, 5.74) is 5.31. The Morgan fingerprint density at radius 3 is 2.13 bits per heavy atom. The predicted molar refractivity (Wildman–Crippen MR) is 122 cm³/mol. The smallest absolute Gasteiger partial charge is 0.282 e. The number of aryl methyl sites for hydroxylation is 2. The molecule has 0 saturated heterocycles. The summed E-state index contributed by atoms with van der Waals surface area (Å²) in [5.74, 6) is -0.735. The lowest BCUT2D eigenvalue weighted by atomic mass is 10.0. The van der Waals surface area contributed by atoms with Crippen LogP contribution in [0.1, 0.15) is 22.3 Å². The standard InChI is InChI=1S/C25H21ClN2O2/c1-15-12-16(2)14-19(13-15)28-24(29)22(18-8-5-4-6-9-18)23(25(28)30)27-21-11-7-10-20(26)17(21)3/h4-14,27H,1-3H3. The Morgan fingerprint density at radius 2 is 1.47 bits per heavy atom. The minimum atomic E-state index is -0.386. The zero-order valence-electron chi connectivity index (χ0n) is 17.0. The monoisotopic (exact) mass is 416 g/mol. The molecular formula is C25H21ClN2O2. The molecule has 3 aromatic carbocycles. The van der Waals surface area contributed by atoms with E-state index in [0.717, 1.165) is 16.7 Å². The molecule has 4 rings (SSSR count). The first kappa shape index (κ1) is 19.9. The molecular weight excluding hydrogens is 396 g/mol. The molecule has 4 nitrogen and oxygen atoms in total. The van der Waals surface area contributed by atoms with Gasteiger partial charge in [-0.15, -0.1) is 0 Å². The Kier molecular flexibility index (Phi) is 5.18. The number of nitrogens with zero attached hydrogens (tertiary/aromatic N) is 1. The van der Waals surface area contributed by atoms with Crippen molar-refractivity contribution in [2.75, 3.05) is 10.2 Å². The average Bonchev–Trinajstić information content (AvgIpc) is 2.95. The second-order valence-electron chi connectivity index (χ2n) is 7.45. The molecule has 150 valence electrons. The van der Waals surface area contributed by atoms with Crippen molar-refractivity contribution in [2.24, 2.45) is 0 Å². The lowest BCUT2D eigenvalue weighted by molar-refractivity contribution is -0.120. The summed E-state index contributed by atoms with van der Waals surface area (Å²) >= 11 is 6.26. The molecule has 0 unspecified atom stereocenters. The molecule has 0 atom stereocenters. The number of anilines is 2. The zero-order chi connectivity index (χ0) is 21.4. The number of carbonyl (C=O) groups excluding carboxylic acids is 2. The van der Waals surface area contributed by atoms with E-state index in [-0.39, 0.29) is 17.5 Å². The van der Waals surface area contributed by atoms with Crippen LogP contribution in [0.4, 0.5) is 11.4 Å². The number of amides is 2. The molecule has 0 fully saturated rings. The largest absolute Gasteiger partial charge is 0.350 e. The number of carbonyl (C=O) groups is 2. The van der Waals surface area contributed by atoms with Crippen LogP contribution in [0.3, 0.4) is 0 Å². The van der Waals surface area contributed by atoms with Crippen molar-refractivity contribution in [2.45, 2.75) is 20.8 Å². The van der Waals surface area contributed by atoms with Gasteiger partial charge in [-0.3, -0.25) is 9.59 Å². The van der Waals surface area contributed by atoms with Gasteiger partial charge in [0, 0.05) is 10.7 Å². The Hall–Kier alpha value is -3.37. The van der Waals surface area contributed by atoms with Gasteiger partial charge >= 0.3 is 0 Å².